The van der Waals surface area contributed by atoms with E-state index in [9.17, 15) is 4.79 Å². The lowest BCUT2D eigenvalue weighted by molar-refractivity contribution is 0.0935. The number of amides is 2. The first-order valence-corrected chi connectivity index (χ1v) is 9.16. The fourth-order valence-corrected chi connectivity index (χ4v) is 3.45. The molecule has 7 nitrogen and oxygen atoms in total. The van der Waals surface area contributed by atoms with Crippen LogP contribution in [0.1, 0.15) is 31.6 Å². The molecule has 0 atom stereocenters. The molecule has 0 radical (unpaired) electrons. The number of carbonyl (C=O) groups is 1. The maximum absolute atomic E-state index is 12.5. The van der Waals surface area contributed by atoms with Gasteiger partial charge in [-0.3, -0.25) is 0 Å². The lowest BCUT2D eigenvalue weighted by Gasteiger charge is -2.42. The average Bonchev–Trinajstić information content (AvgIpc) is 3.10. The van der Waals surface area contributed by atoms with Gasteiger partial charge in [-0.05, 0) is 43.0 Å². The van der Waals surface area contributed by atoms with E-state index >= 15 is 0 Å². The lowest BCUT2D eigenvalue weighted by atomic mass is 9.98. The summed E-state index contributed by atoms with van der Waals surface area (Å²) in [7, 11) is 1.63. The molecule has 2 aromatic rings. The van der Waals surface area contributed by atoms with E-state index in [0.717, 1.165) is 43.2 Å². The zero-order chi connectivity index (χ0) is 18.1. The van der Waals surface area contributed by atoms with E-state index in [1.54, 1.807) is 7.11 Å². The SMILES string of the molecule is COc1ccc(-c2noc(C3CN(C(=O)N4CCC(C)CC4)C3)n2)cc1. The Balaban J connectivity index is 1.34. The topological polar surface area (TPSA) is 71.7 Å². The Hall–Kier alpha value is -2.57. The van der Waals surface area contributed by atoms with Crippen LogP contribution in [0.25, 0.3) is 11.4 Å². The van der Waals surface area contributed by atoms with E-state index in [2.05, 4.69) is 17.1 Å². The zero-order valence-electron chi connectivity index (χ0n) is 15.2. The molecule has 1 aromatic carbocycles. The minimum absolute atomic E-state index is 0.127. The van der Waals surface area contributed by atoms with E-state index in [-0.39, 0.29) is 11.9 Å². The first-order valence-electron chi connectivity index (χ1n) is 9.16. The van der Waals surface area contributed by atoms with Crippen LogP contribution < -0.4 is 4.74 Å². The standard InChI is InChI=1S/C19H24N4O3/c1-13-7-9-22(10-8-13)19(24)23-11-15(12-23)18-20-17(21-26-18)14-3-5-16(25-2)6-4-14/h3-6,13,15H,7-12H2,1-2H3. The summed E-state index contributed by atoms with van der Waals surface area (Å²) in [5.74, 6) is 2.81. The van der Waals surface area contributed by atoms with Crippen molar-refractivity contribution in [3.8, 4) is 17.1 Å². The van der Waals surface area contributed by atoms with Crippen LogP contribution in [-0.4, -0.2) is 59.3 Å². The highest BCUT2D eigenvalue weighted by atomic mass is 16.5. The van der Waals surface area contributed by atoms with Gasteiger partial charge in [0.25, 0.3) is 0 Å². The first-order chi connectivity index (χ1) is 12.6. The van der Waals surface area contributed by atoms with Crippen LogP contribution in [0.5, 0.6) is 5.75 Å². The number of piperidine rings is 1. The number of carbonyl (C=O) groups excluding carboxylic acids is 1. The van der Waals surface area contributed by atoms with Crippen molar-refractivity contribution in [3.63, 3.8) is 0 Å². The van der Waals surface area contributed by atoms with Crippen molar-refractivity contribution >= 4 is 6.03 Å². The monoisotopic (exact) mass is 356 g/mol. The predicted molar refractivity (Wildman–Crippen MR) is 96.0 cm³/mol. The summed E-state index contributed by atoms with van der Waals surface area (Å²) in [6, 6.07) is 7.69. The number of aromatic nitrogens is 2. The van der Waals surface area contributed by atoms with E-state index in [1.165, 1.54) is 0 Å². The third-order valence-electron chi connectivity index (χ3n) is 5.35. The Bertz CT molecular complexity index is 759. The third kappa shape index (κ3) is 3.25. The number of hydrogen-bond donors (Lipinski definition) is 0. The van der Waals surface area contributed by atoms with Crippen LogP contribution in [0.15, 0.2) is 28.8 Å². The summed E-state index contributed by atoms with van der Waals surface area (Å²) in [6.07, 6.45) is 2.19. The second-order valence-corrected chi connectivity index (χ2v) is 7.24. The van der Waals surface area contributed by atoms with E-state index in [1.807, 2.05) is 34.1 Å². The molecule has 0 aliphatic carbocycles. The molecule has 2 aliphatic rings. The molecule has 7 heteroatoms. The molecule has 2 aliphatic heterocycles. The molecule has 4 rings (SSSR count). The molecule has 0 unspecified atom stereocenters. The molecule has 2 saturated heterocycles. The molecule has 0 saturated carbocycles. The van der Waals surface area contributed by atoms with Crippen LogP contribution >= 0.6 is 0 Å². The van der Waals surface area contributed by atoms with Crippen LogP contribution in [-0.2, 0) is 0 Å². The van der Waals surface area contributed by atoms with E-state index < -0.39 is 0 Å². The summed E-state index contributed by atoms with van der Waals surface area (Å²) in [4.78, 5) is 20.9. The summed E-state index contributed by atoms with van der Waals surface area (Å²) >= 11 is 0. The summed E-state index contributed by atoms with van der Waals surface area (Å²) in [6.45, 7) is 5.27. The number of ether oxygens (including phenoxy) is 1. The first kappa shape index (κ1) is 16.9. The number of rotatable bonds is 3. The van der Waals surface area contributed by atoms with Gasteiger partial charge < -0.3 is 19.1 Å². The second-order valence-electron chi connectivity index (χ2n) is 7.24. The van der Waals surface area contributed by atoms with Gasteiger partial charge in [-0.1, -0.05) is 12.1 Å². The average molecular weight is 356 g/mol. The second kappa shape index (κ2) is 6.97. The predicted octanol–water partition coefficient (Wildman–Crippen LogP) is 3.00. The van der Waals surface area contributed by atoms with Gasteiger partial charge in [0.15, 0.2) is 0 Å². The summed E-state index contributed by atoms with van der Waals surface area (Å²) in [5, 5.41) is 4.07. The Morgan fingerprint density at radius 3 is 2.50 bits per heavy atom. The smallest absolute Gasteiger partial charge is 0.320 e. The van der Waals surface area contributed by atoms with Gasteiger partial charge in [0.1, 0.15) is 5.75 Å². The maximum Gasteiger partial charge on any atom is 0.320 e. The van der Waals surface area contributed by atoms with Crippen molar-refractivity contribution < 1.29 is 14.1 Å². The number of methoxy groups -OCH3 is 1. The Morgan fingerprint density at radius 1 is 1.15 bits per heavy atom. The fourth-order valence-electron chi connectivity index (χ4n) is 3.45. The maximum atomic E-state index is 12.5. The normalized spacial score (nSPS) is 18.7. The largest absolute Gasteiger partial charge is 0.497 e. The quantitative estimate of drug-likeness (QED) is 0.845. The van der Waals surface area contributed by atoms with Crippen molar-refractivity contribution in [3.05, 3.63) is 30.2 Å². The van der Waals surface area contributed by atoms with Gasteiger partial charge >= 0.3 is 6.03 Å². The van der Waals surface area contributed by atoms with Crippen LogP contribution in [0, 0.1) is 5.92 Å². The van der Waals surface area contributed by atoms with Gasteiger partial charge in [0.05, 0.1) is 13.0 Å². The minimum atomic E-state index is 0.127. The van der Waals surface area contributed by atoms with Crippen LogP contribution in [0.2, 0.25) is 0 Å². The Labute approximate surface area is 152 Å². The molecule has 0 N–H and O–H groups in total. The molecule has 0 bridgehead atoms. The van der Waals surface area contributed by atoms with Gasteiger partial charge in [-0.2, -0.15) is 4.98 Å². The Morgan fingerprint density at radius 2 is 1.85 bits per heavy atom. The highest BCUT2D eigenvalue weighted by molar-refractivity contribution is 5.75. The lowest BCUT2D eigenvalue weighted by Crippen LogP contribution is -2.55. The summed E-state index contributed by atoms with van der Waals surface area (Å²) < 4.78 is 10.6. The third-order valence-corrected chi connectivity index (χ3v) is 5.35. The molecule has 3 heterocycles. The van der Waals surface area contributed by atoms with Gasteiger partial charge in [-0.15, -0.1) is 0 Å². The molecule has 2 fully saturated rings. The summed E-state index contributed by atoms with van der Waals surface area (Å²) in [5.41, 5.74) is 0.885. The van der Waals surface area contributed by atoms with Gasteiger partial charge in [0, 0.05) is 31.7 Å². The van der Waals surface area contributed by atoms with Crippen molar-refractivity contribution in [2.75, 3.05) is 33.3 Å². The van der Waals surface area contributed by atoms with Crippen LogP contribution in [0.3, 0.4) is 0 Å². The number of hydrogen-bond acceptors (Lipinski definition) is 5. The van der Waals surface area contributed by atoms with E-state index in [0.29, 0.717) is 24.8 Å². The molecule has 0 spiro atoms. The molecular weight excluding hydrogens is 332 g/mol. The van der Waals surface area contributed by atoms with Crippen molar-refractivity contribution in [1.82, 2.24) is 19.9 Å². The van der Waals surface area contributed by atoms with Crippen molar-refractivity contribution in [2.24, 2.45) is 5.92 Å². The number of nitrogens with zero attached hydrogens (tertiary/aromatic N) is 4. The van der Waals surface area contributed by atoms with Crippen molar-refractivity contribution in [1.29, 1.82) is 0 Å². The Kier molecular flexibility index (Phi) is 4.53. The van der Waals surface area contributed by atoms with Gasteiger partial charge in [0.2, 0.25) is 11.7 Å². The molecule has 2 amide bonds. The molecule has 1 aromatic heterocycles. The highest BCUT2D eigenvalue weighted by Crippen LogP contribution is 2.29. The molecule has 26 heavy (non-hydrogen) atoms. The molecular formula is C19H24N4O3. The zero-order valence-corrected chi connectivity index (χ0v) is 15.2. The fraction of sp³-hybridized carbons (Fsp3) is 0.526. The van der Waals surface area contributed by atoms with Crippen LogP contribution in [0.4, 0.5) is 4.79 Å². The number of likely N-dealkylation sites (tertiary alicyclic amines) is 2. The molecule has 138 valence electrons. The number of benzene rings is 1. The van der Waals surface area contributed by atoms with Crippen molar-refractivity contribution in [2.45, 2.75) is 25.7 Å². The van der Waals surface area contributed by atoms with E-state index in [4.69, 9.17) is 9.26 Å². The number of urea groups is 1. The van der Waals surface area contributed by atoms with Gasteiger partial charge in [-0.25, -0.2) is 4.79 Å². The highest BCUT2D eigenvalue weighted by Gasteiger charge is 2.38. The minimum Gasteiger partial charge on any atom is -0.497 e.